The van der Waals surface area contributed by atoms with E-state index in [1.54, 1.807) is 0 Å². The van der Waals surface area contributed by atoms with Crippen LogP contribution in [0.15, 0.2) is 34.6 Å². The van der Waals surface area contributed by atoms with Crippen LogP contribution in [-0.2, 0) is 11.3 Å². The lowest BCUT2D eigenvalue weighted by atomic mass is 10.1. The number of halogens is 2. The number of nitrogens with one attached hydrogen (secondary N) is 1. The summed E-state index contributed by atoms with van der Waals surface area (Å²) in [6.45, 7) is 2.01. The zero-order valence-corrected chi connectivity index (χ0v) is 14.2. The molecule has 9 heteroatoms. The summed E-state index contributed by atoms with van der Waals surface area (Å²) in [6.07, 6.45) is 0. The van der Waals surface area contributed by atoms with Crippen LogP contribution in [0.5, 0.6) is 0 Å². The Morgan fingerprint density at radius 2 is 1.91 bits per heavy atom. The molecule has 0 radical (unpaired) electrons. The molecule has 0 aliphatic heterocycles. The van der Waals surface area contributed by atoms with Crippen molar-refractivity contribution < 1.29 is 4.79 Å². The Bertz CT molecular complexity index is 638. The third-order valence-corrected chi connectivity index (χ3v) is 3.24. The maximum absolute atomic E-state index is 10.8. The number of rotatable bonds is 4. The average molecular weight is 362 g/mol. The Hall–Kier alpha value is -1.83. The number of nitrogens with two attached hydrogens (primary N) is 2. The quantitative estimate of drug-likeness (QED) is 0.572. The van der Waals surface area contributed by atoms with Crippen LogP contribution in [0.2, 0.25) is 0 Å². The number of hydrogen-bond donors (Lipinski definition) is 3. The SMILES string of the molecule is CC(=O)NCc1ccc(-c2csc(N=C(N)N)n2)cc1.Cl.Cl. The molecule has 1 aromatic heterocycles. The molecule has 0 saturated carbocycles. The lowest BCUT2D eigenvalue weighted by Crippen LogP contribution is -2.21. The largest absolute Gasteiger partial charge is 0.370 e. The molecule has 2 aromatic rings. The molecule has 0 aliphatic rings. The molecule has 0 bridgehead atoms. The van der Waals surface area contributed by atoms with E-state index in [0.717, 1.165) is 16.8 Å². The van der Waals surface area contributed by atoms with Gasteiger partial charge in [0.25, 0.3) is 0 Å². The van der Waals surface area contributed by atoms with Gasteiger partial charge in [0.1, 0.15) is 0 Å². The van der Waals surface area contributed by atoms with Crippen LogP contribution in [0.3, 0.4) is 0 Å². The predicted molar refractivity (Wildman–Crippen MR) is 95.0 cm³/mol. The predicted octanol–water partition coefficient (Wildman–Crippen LogP) is 2.19. The Morgan fingerprint density at radius 3 is 2.45 bits per heavy atom. The average Bonchev–Trinajstić information content (AvgIpc) is 2.84. The number of aromatic nitrogens is 1. The van der Waals surface area contributed by atoms with Gasteiger partial charge in [0, 0.05) is 24.4 Å². The molecule has 1 amide bonds. The fraction of sp³-hybridized carbons (Fsp3) is 0.154. The molecular weight excluding hydrogens is 345 g/mol. The van der Waals surface area contributed by atoms with Crippen molar-refractivity contribution in [2.45, 2.75) is 13.5 Å². The molecule has 6 nitrogen and oxygen atoms in total. The number of nitrogens with zero attached hydrogens (tertiary/aromatic N) is 2. The van der Waals surface area contributed by atoms with E-state index in [1.165, 1.54) is 18.3 Å². The van der Waals surface area contributed by atoms with Gasteiger partial charge in [-0.3, -0.25) is 4.79 Å². The molecule has 0 atom stereocenters. The van der Waals surface area contributed by atoms with E-state index in [2.05, 4.69) is 15.3 Å². The number of benzene rings is 1. The van der Waals surface area contributed by atoms with Gasteiger partial charge >= 0.3 is 0 Å². The van der Waals surface area contributed by atoms with E-state index in [-0.39, 0.29) is 36.7 Å². The Balaban J connectivity index is 0.00000220. The van der Waals surface area contributed by atoms with Crippen molar-refractivity contribution in [3.8, 4) is 11.3 Å². The number of carbonyl (C=O) groups is 1. The van der Waals surface area contributed by atoms with Crippen molar-refractivity contribution in [1.82, 2.24) is 10.3 Å². The molecule has 1 aromatic carbocycles. The van der Waals surface area contributed by atoms with Gasteiger partial charge in [0.2, 0.25) is 11.0 Å². The molecule has 2 rings (SSSR count). The Kier molecular flexibility index (Phi) is 8.47. The van der Waals surface area contributed by atoms with Crippen LogP contribution in [-0.4, -0.2) is 16.9 Å². The molecule has 5 N–H and O–H groups in total. The van der Waals surface area contributed by atoms with Gasteiger partial charge in [-0.1, -0.05) is 24.3 Å². The minimum atomic E-state index is -0.0459. The minimum Gasteiger partial charge on any atom is -0.370 e. The van der Waals surface area contributed by atoms with Crippen molar-refractivity contribution in [2.75, 3.05) is 0 Å². The van der Waals surface area contributed by atoms with E-state index in [0.29, 0.717) is 11.7 Å². The van der Waals surface area contributed by atoms with E-state index < -0.39 is 0 Å². The topological polar surface area (TPSA) is 106 Å². The van der Waals surface area contributed by atoms with Crippen molar-refractivity contribution in [3.63, 3.8) is 0 Å². The van der Waals surface area contributed by atoms with Crippen LogP contribution >= 0.6 is 36.2 Å². The third-order valence-electron chi connectivity index (χ3n) is 2.51. The van der Waals surface area contributed by atoms with Gasteiger partial charge in [-0.05, 0) is 5.56 Å². The lowest BCUT2D eigenvalue weighted by Gasteiger charge is -2.03. The summed E-state index contributed by atoms with van der Waals surface area (Å²) in [6, 6.07) is 7.80. The Morgan fingerprint density at radius 1 is 1.27 bits per heavy atom. The van der Waals surface area contributed by atoms with Crippen molar-refractivity contribution in [2.24, 2.45) is 16.5 Å². The summed E-state index contributed by atoms with van der Waals surface area (Å²) in [5.74, 6) is -0.0491. The fourth-order valence-corrected chi connectivity index (χ4v) is 2.29. The summed E-state index contributed by atoms with van der Waals surface area (Å²) < 4.78 is 0. The van der Waals surface area contributed by atoms with Gasteiger partial charge in [-0.15, -0.1) is 36.2 Å². The smallest absolute Gasteiger partial charge is 0.217 e. The van der Waals surface area contributed by atoms with E-state index in [1.807, 2.05) is 29.6 Å². The fourth-order valence-electron chi connectivity index (χ4n) is 1.58. The number of hydrogen-bond acceptors (Lipinski definition) is 4. The second-order valence-electron chi connectivity index (χ2n) is 4.16. The van der Waals surface area contributed by atoms with E-state index >= 15 is 0 Å². The first kappa shape index (κ1) is 20.2. The molecule has 0 saturated heterocycles. The van der Waals surface area contributed by atoms with Crippen molar-refractivity contribution >= 4 is 53.1 Å². The normalized spacial score (nSPS) is 9.14. The number of amides is 1. The lowest BCUT2D eigenvalue weighted by molar-refractivity contribution is -0.119. The highest BCUT2D eigenvalue weighted by atomic mass is 35.5. The molecule has 22 heavy (non-hydrogen) atoms. The van der Waals surface area contributed by atoms with Crippen LogP contribution in [0, 0.1) is 0 Å². The number of aliphatic imine (C=N–C) groups is 1. The molecule has 0 unspecified atom stereocenters. The van der Waals surface area contributed by atoms with E-state index in [4.69, 9.17) is 11.5 Å². The number of carbonyl (C=O) groups excluding carboxylic acids is 1. The second kappa shape index (κ2) is 9.24. The van der Waals surface area contributed by atoms with Gasteiger partial charge in [-0.25, -0.2) is 4.98 Å². The molecule has 0 spiro atoms. The zero-order chi connectivity index (χ0) is 14.5. The maximum Gasteiger partial charge on any atom is 0.217 e. The first-order valence-corrected chi connectivity index (χ1v) is 6.81. The van der Waals surface area contributed by atoms with Crippen LogP contribution in [0.4, 0.5) is 5.13 Å². The second-order valence-corrected chi connectivity index (χ2v) is 5.00. The molecule has 1 heterocycles. The molecular formula is C13H17Cl2N5OS. The number of guanidine groups is 1. The maximum atomic E-state index is 10.8. The number of thiazole rings is 1. The van der Waals surface area contributed by atoms with Gasteiger partial charge < -0.3 is 16.8 Å². The van der Waals surface area contributed by atoms with Gasteiger partial charge in [-0.2, -0.15) is 4.99 Å². The summed E-state index contributed by atoms with van der Waals surface area (Å²) in [5.41, 5.74) is 13.4. The zero-order valence-electron chi connectivity index (χ0n) is 11.8. The summed E-state index contributed by atoms with van der Waals surface area (Å²) in [5, 5.41) is 5.17. The highest BCUT2D eigenvalue weighted by molar-refractivity contribution is 7.13. The highest BCUT2D eigenvalue weighted by Gasteiger charge is 2.04. The summed E-state index contributed by atoms with van der Waals surface area (Å²) in [7, 11) is 0. The van der Waals surface area contributed by atoms with Crippen LogP contribution in [0.1, 0.15) is 12.5 Å². The van der Waals surface area contributed by atoms with Gasteiger partial charge in [0.15, 0.2) is 5.96 Å². The highest BCUT2D eigenvalue weighted by Crippen LogP contribution is 2.26. The first-order valence-electron chi connectivity index (χ1n) is 5.93. The first-order chi connectivity index (χ1) is 9.54. The molecule has 0 aliphatic carbocycles. The van der Waals surface area contributed by atoms with Crippen molar-refractivity contribution in [1.29, 1.82) is 0 Å². The summed E-state index contributed by atoms with van der Waals surface area (Å²) in [4.78, 5) is 19.1. The molecule has 0 fully saturated rings. The minimum absolute atomic E-state index is 0. The third kappa shape index (κ3) is 5.88. The van der Waals surface area contributed by atoms with Gasteiger partial charge in [0.05, 0.1) is 5.69 Å². The monoisotopic (exact) mass is 361 g/mol. The van der Waals surface area contributed by atoms with Crippen LogP contribution < -0.4 is 16.8 Å². The molecule has 120 valence electrons. The standard InChI is InChI=1S/C13H15N5OS.2ClH/c1-8(19)16-6-9-2-4-10(5-3-9)11-7-20-13(17-11)18-12(14)15;;/h2-5,7H,6H2,1H3,(H,16,19)(H4,14,15,17,18);2*1H. The van der Waals surface area contributed by atoms with E-state index in [9.17, 15) is 4.79 Å². The van der Waals surface area contributed by atoms with Crippen LogP contribution in [0.25, 0.3) is 11.3 Å². The summed E-state index contributed by atoms with van der Waals surface area (Å²) >= 11 is 1.38. The Labute approximate surface area is 144 Å². The van der Waals surface area contributed by atoms with Crippen molar-refractivity contribution in [3.05, 3.63) is 35.2 Å².